The van der Waals surface area contributed by atoms with Crippen molar-refractivity contribution in [2.45, 2.75) is 96.7 Å². The zero-order valence-corrected chi connectivity index (χ0v) is 25.8. The van der Waals surface area contributed by atoms with Crippen molar-refractivity contribution < 1.29 is 29.0 Å². The molecule has 4 N–H and O–H groups in total. The molecule has 3 rings (SSSR count). The first-order valence-electron chi connectivity index (χ1n) is 15.0. The summed E-state index contributed by atoms with van der Waals surface area (Å²) in [6, 6.07) is 15.1. The van der Waals surface area contributed by atoms with Gasteiger partial charge in [0.15, 0.2) is 0 Å². The number of rotatable bonds is 12. The lowest BCUT2D eigenvalue weighted by atomic mass is 9.96. The maximum Gasteiger partial charge on any atom is 0.408 e. The first-order valence-corrected chi connectivity index (χ1v) is 15.0. The molecular weight excluding hydrogens is 548 g/mol. The van der Waals surface area contributed by atoms with Crippen LogP contribution in [0, 0.1) is 5.92 Å². The van der Waals surface area contributed by atoms with E-state index in [1.54, 1.807) is 24.3 Å². The Morgan fingerprint density at radius 1 is 0.977 bits per heavy atom. The molecule has 0 bridgehead atoms. The summed E-state index contributed by atoms with van der Waals surface area (Å²) in [6.07, 6.45) is -0.865. The summed E-state index contributed by atoms with van der Waals surface area (Å²) < 4.78 is 5.41. The number of amides is 4. The van der Waals surface area contributed by atoms with Crippen LogP contribution in [0.25, 0.3) is 0 Å². The Morgan fingerprint density at radius 3 is 2.12 bits per heavy atom. The van der Waals surface area contributed by atoms with Crippen molar-refractivity contribution in [3.8, 4) is 0 Å². The van der Waals surface area contributed by atoms with Gasteiger partial charge in [-0.25, -0.2) is 4.79 Å². The first kappa shape index (κ1) is 33.7. The second-order valence-corrected chi connectivity index (χ2v) is 12.5. The molecule has 2 aromatic carbocycles. The molecule has 0 aliphatic carbocycles. The van der Waals surface area contributed by atoms with Crippen LogP contribution < -0.4 is 16.0 Å². The molecule has 43 heavy (non-hydrogen) atoms. The van der Waals surface area contributed by atoms with Gasteiger partial charge in [0.1, 0.15) is 24.8 Å². The second-order valence-electron chi connectivity index (χ2n) is 12.5. The SMILES string of the molecule is CC(C)C[C@H](C(=O)NC(C)(C)C)N(C(=O)C(Cc1ccccc1)NC(=O)OCc1ccccc1)C(=O)C(O)C1CCCN1. The first-order chi connectivity index (χ1) is 20.4. The highest BCUT2D eigenvalue weighted by Crippen LogP contribution is 2.21. The van der Waals surface area contributed by atoms with Crippen LogP contribution in [0.1, 0.15) is 65.0 Å². The monoisotopic (exact) mass is 594 g/mol. The number of nitrogens with one attached hydrogen (secondary N) is 3. The Morgan fingerprint density at radius 2 is 1.58 bits per heavy atom. The number of benzene rings is 2. The summed E-state index contributed by atoms with van der Waals surface area (Å²) >= 11 is 0. The van der Waals surface area contributed by atoms with Crippen molar-refractivity contribution in [1.82, 2.24) is 20.9 Å². The summed E-state index contributed by atoms with van der Waals surface area (Å²) in [5, 5.41) is 19.8. The lowest BCUT2D eigenvalue weighted by Crippen LogP contribution is -2.63. The highest BCUT2D eigenvalue weighted by atomic mass is 16.5. The fourth-order valence-corrected chi connectivity index (χ4v) is 5.07. The third kappa shape index (κ3) is 10.5. The molecule has 0 saturated carbocycles. The number of carbonyl (C=O) groups is 4. The van der Waals surface area contributed by atoms with E-state index in [2.05, 4.69) is 16.0 Å². The van der Waals surface area contributed by atoms with Crippen LogP contribution in [-0.4, -0.2) is 70.1 Å². The van der Waals surface area contributed by atoms with Gasteiger partial charge in [-0.15, -0.1) is 0 Å². The van der Waals surface area contributed by atoms with Gasteiger partial charge >= 0.3 is 6.09 Å². The quantitative estimate of drug-likeness (QED) is 0.296. The van der Waals surface area contributed by atoms with E-state index in [-0.39, 0.29) is 25.4 Å². The van der Waals surface area contributed by atoms with Gasteiger partial charge in [-0.2, -0.15) is 0 Å². The normalized spacial score (nSPS) is 17.0. The number of alkyl carbamates (subject to hydrolysis) is 1. The highest BCUT2D eigenvalue weighted by Gasteiger charge is 2.44. The summed E-state index contributed by atoms with van der Waals surface area (Å²) in [4.78, 5) is 56.0. The van der Waals surface area contributed by atoms with Gasteiger partial charge in [0.2, 0.25) is 5.91 Å². The van der Waals surface area contributed by atoms with E-state index in [0.717, 1.165) is 22.4 Å². The predicted molar refractivity (Wildman–Crippen MR) is 164 cm³/mol. The average Bonchev–Trinajstić information content (AvgIpc) is 3.50. The van der Waals surface area contributed by atoms with Crippen molar-refractivity contribution in [2.75, 3.05) is 6.54 Å². The maximum atomic E-state index is 14.4. The van der Waals surface area contributed by atoms with Crippen LogP contribution in [0.15, 0.2) is 60.7 Å². The van der Waals surface area contributed by atoms with Crippen LogP contribution in [0.5, 0.6) is 0 Å². The lowest BCUT2D eigenvalue weighted by molar-refractivity contribution is -0.159. The smallest absolute Gasteiger partial charge is 0.408 e. The van der Waals surface area contributed by atoms with E-state index >= 15 is 0 Å². The molecule has 1 fully saturated rings. The van der Waals surface area contributed by atoms with E-state index in [1.807, 2.05) is 71.0 Å². The number of ether oxygens (including phenoxy) is 1. The molecule has 4 atom stereocenters. The van der Waals surface area contributed by atoms with Crippen molar-refractivity contribution in [2.24, 2.45) is 5.92 Å². The number of aliphatic hydroxyl groups excluding tert-OH is 1. The molecule has 2 aromatic rings. The standard InChI is InChI=1S/C33H46N4O6/c1-22(2)19-27(29(39)36-33(3,4)5)37(31(41)28(38)25-17-12-18-34-25)30(40)26(20-23-13-8-6-9-14-23)35-32(42)43-21-24-15-10-7-11-16-24/h6-11,13-16,22,25-28,34,38H,12,17-21H2,1-5H3,(H,35,42)(H,36,39)/t25?,26?,27-,28?/m1/s1. The molecule has 1 saturated heterocycles. The van der Waals surface area contributed by atoms with Crippen LogP contribution in [0.3, 0.4) is 0 Å². The van der Waals surface area contributed by atoms with Crippen LogP contribution in [-0.2, 0) is 32.1 Å². The topological polar surface area (TPSA) is 137 Å². The minimum absolute atomic E-state index is 0.0163. The van der Waals surface area contributed by atoms with Crippen LogP contribution in [0.4, 0.5) is 4.79 Å². The molecule has 1 aliphatic heterocycles. The fraction of sp³-hybridized carbons (Fsp3) is 0.515. The van der Waals surface area contributed by atoms with Gasteiger partial charge in [0.25, 0.3) is 11.8 Å². The average molecular weight is 595 g/mol. The molecule has 1 heterocycles. The molecule has 0 radical (unpaired) electrons. The van der Waals surface area contributed by atoms with Crippen molar-refractivity contribution in [3.05, 3.63) is 71.8 Å². The number of aliphatic hydroxyl groups is 1. The van der Waals surface area contributed by atoms with E-state index < -0.39 is 53.6 Å². The Hall–Kier alpha value is -3.76. The van der Waals surface area contributed by atoms with Crippen molar-refractivity contribution >= 4 is 23.8 Å². The van der Waals surface area contributed by atoms with Gasteiger partial charge in [-0.1, -0.05) is 74.5 Å². The number of nitrogens with zero attached hydrogens (tertiary/aromatic N) is 1. The third-order valence-electron chi connectivity index (χ3n) is 7.10. The second kappa shape index (κ2) is 15.6. The van der Waals surface area contributed by atoms with E-state index in [1.165, 1.54) is 0 Å². The largest absolute Gasteiger partial charge is 0.445 e. The Bertz CT molecular complexity index is 1210. The third-order valence-corrected chi connectivity index (χ3v) is 7.10. The molecule has 10 heteroatoms. The van der Waals surface area contributed by atoms with Gasteiger partial charge in [0.05, 0.1) is 0 Å². The molecule has 10 nitrogen and oxygen atoms in total. The Kier molecular flexibility index (Phi) is 12.3. The molecular formula is C33H46N4O6. The molecule has 4 amide bonds. The van der Waals surface area contributed by atoms with Crippen molar-refractivity contribution in [1.29, 1.82) is 0 Å². The zero-order valence-electron chi connectivity index (χ0n) is 25.8. The summed E-state index contributed by atoms with van der Waals surface area (Å²) in [5.41, 5.74) is 0.858. The van der Waals surface area contributed by atoms with Crippen LogP contribution >= 0.6 is 0 Å². The zero-order chi connectivity index (χ0) is 31.6. The number of hydrogen-bond acceptors (Lipinski definition) is 7. The van der Waals surface area contributed by atoms with E-state index in [9.17, 15) is 24.3 Å². The van der Waals surface area contributed by atoms with Crippen molar-refractivity contribution in [3.63, 3.8) is 0 Å². The number of imide groups is 1. The van der Waals surface area contributed by atoms with E-state index in [0.29, 0.717) is 13.0 Å². The lowest BCUT2D eigenvalue weighted by Gasteiger charge is -2.36. The van der Waals surface area contributed by atoms with Gasteiger partial charge in [0, 0.05) is 18.0 Å². The molecule has 234 valence electrons. The maximum absolute atomic E-state index is 14.4. The minimum Gasteiger partial charge on any atom is -0.445 e. The number of hydrogen-bond donors (Lipinski definition) is 4. The molecule has 0 aromatic heterocycles. The summed E-state index contributed by atoms with van der Waals surface area (Å²) in [5.74, 6) is -2.26. The predicted octanol–water partition coefficient (Wildman–Crippen LogP) is 3.32. The van der Waals surface area contributed by atoms with Crippen LogP contribution in [0.2, 0.25) is 0 Å². The Balaban J connectivity index is 1.98. The molecule has 1 aliphatic rings. The van der Waals surface area contributed by atoms with Gasteiger partial charge < -0.3 is 25.8 Å². The van der Waals surface area contributed by atoms with Gasteiger partial charge in [-0.05, 0) is 63.6 Å². The van der Waals surface area contributed by atoms with Gasteiger partial charge in [-0.3, -0.25) is 19.3 Å². The van der Waals surface area contributed by atoms with E-state index in [4.69, 9.17) is 4.74 Å². The highest BCUT2D eigenvalue weighted by molar-refractivity contribution is 6.04. The summed E-state index contributed by atoms with van der Waals surface area (Å²) in [7, 11) is 0. The fourth-order valence-electron chi connectivity index (χ4n) is 5.07. The summed E-state index contributed by atoms with van der Waals surface area (Å²) in [6.45, 7) is 9.83. The Labute approximate surface area is 254 Å². The molecule has 0 spiro atoms. The molecule has 3 unspecified atom stereocenters. The minimum atomic E-state index is -1.55. The number of carbonyl (C=O) groups excluding carboxylic acids is 4.